The van der Waals surface area contributed by atoms with Crippen LogP contribution < -0.4 is 5.32 Å². The standard InChI is InChI=1S/C10H19NO2/c12-9(6-11-8-4-5-8)7-13-10-2-1-3-10/h8-12H,1-7H2. The number of aliphatic hydroxyl groups excluding tert-OH is 1. The molecule has 13 heavy (non-hydrogen) atoms. The summed E-state index contributed by atoms with van der Waals surface area (Å²) in [5, 5.41) is 12.8. The van der Waals surface area contributed by atoms with Crippen molar-refractivity contribution in [2.24, 2.45) is 0 Å². The summed E-state index contributed by atoms with van der Waals surface area (Å²) in [6.45, 7) is 1.20. The summed E-state index contributed by atoms with van der Waals surface area (Å²) in [5.74, 6) is 0. The van der Waals surface area contributed by atoms with E-state index in [2.05, 4.69) is 5.32 Å². The Morgan fingerprint density at radius 2 is 2.08 bits per heavy atom. The molecule has 0 saturated heterocycles. The quantitative estimate of drug-likeness (QED) is 0.639. The minimum atomic E-state index is -0.318. The first kappa shape index (κ1) is 9.44. The fourth-order valence-electron chi connectivity index (χ4n) is 1.43. The van der Waals surface area contributed by atoms with Crippen molar-refractivity contribution in [3.05, 3.63) is 0 Å². The summed E-state index contributed by atoms with van der Waals surface area (Å²) in [6, 6.07) is 0.679. The summed E-state index contributed by atoms with van der Waals surface area (Å²) >= 11 is 0. The molecule has 0 aromatic carbocycles. The van der Waals surface area contributed by atoms with Crippen LogP contribution in [-0.4, -0.2) is 36.5 Å². The Bertz CT molecular complexity index is 155. The normalized spacial score (nSPS) is 25.6. The van der Waals surface area contributed by atoms with Crippen LogP contribution in [0.1, 0.15) is 32.1 Å². The Balaban J connectivity index is 1.47. The van der Waals surface area contributed by atoms with E-state index in [0.29, 0.717) is 25.3 Å². The van der Waals surface area contributed by atoms with E-state index in [0.717, 1.165) is 0 Å². The molecule has 0 aliphatic heterocycles. The molecule has 0 spiro atoms. The highest BCUT2D eigenvalue weighted by atomic mass is 16.5. The van der Waals surface area contributed by atoms with Gasteiger partial charge in [0.25, 0.3) is 0 Å². The third-order valence-corrected chi connectivity index (χ3v) is 2.80. The zero-order valence-corrected chi connectivity index (χ0v) is 8.04. The molecule has 2 aliphatic carbocycles. The predicted octanol–water partition coefficient (Wildman–Crippen LogP) is 0.668. The highest BCUT2D eigenvalue weighted by Crippen LogP contribution is 2.22. The molecule has 0 heterocycles. The van der Waals surface area contributed by atoms with Gasteiger partial charge in [-0.1, -0.05) is 0 Å². The Morgan fingerprint density at radius 1 is 1.31 bits per heavy atom. The summed E-state index contributed by atoms with van der Waals surface area (Å²) in [4.78, 5) is 0. The van der Waals surface area contributed by atoms with Crippen molar-refractivity contribution in [1.29, 1.82) is 0 Å². The summed E-state index contributed by atoms with van der Waals surface area (Å²) in [7, 11) is 0. The number of aliphatic hydroxyl groups is 1. The molecule has 1 atom stereocenters. The first-order chi connectivity index (χ1) is 6.34. The first-order valence-corrected chi connectivity index (χ1v) is 5.37. The average molecular weight is 185 g/mol. The maximum atomic E-state index is 9.51. The second-order valence-electron chi connectivity index (χ2n) is 4.22. The van der Waals surface area contributed by atoms with E-state index in [1.807, 2.05) is 0 Å². The molecule has 3 heteroatoms. The van der Waals surface area contributed by atoms with Gasteiger partial charge in [-0.3, -0.25) is 0 Å². The molecule has 2 aliphatic rings. The van der Waals surface area contributed by atoms with Gasteiger partial charge in [0, 0.05) is 12.6 Å². The van der Waals surface area contributed by atoms with Crippen LogP contribution in [0, 0.1) is 0 Å². The fourth-order valence-corrected chi connectivity index (χ4v) is 1.43. The number of nitrogens with one attached hydrogen (secondary N) is 1. The molecule has 0 radical (unpaired) electrons. The predicted molar refractivity (Wildman–Crippen MR) is 50.6 cm³/mol. The molecule has 76 valence electrons. The minimum absolute atomic E-state index is 0.318. The lowest BCUT2D eigenvalue weighted by atomic mass is 9.96. The molecule has 2 saturated carbocycles. The zero-order chi connectivity index (χ0) is 9.10. The molecule has 0 aromatic rings. The molecule has 0 aromatic heterocycles. The van der Waals surface area contributed by atoms with Gasteiger partial charge in [0.2, 0.25) is 0 Å². The molecule has 2 fully saturated rings. The highest BCUT2D eigenvalue weighted by Gasteiger charge is 2.22. The Kier molecular flexibility index (Phi) is 3.19. The van der Waals surface area contributed by atoms with Gasteiger partial charge in [0.05, 0.1) is 18.8 Å². The number of ether oxygens (including phenoxy) is 1. The molecule has 3 nitrogen and oxygen atoms in total. The molecular formula is C10H19NO2. The largest absolute Gasteiger partial charge is 0.389 e. The average Bonchev–Trinajstić information content (AvgIpc) is 2.80. The van der Waals surface area contributed by atoms with Crippen LogP contribution in [0.15, 0.2) is 0 Å². The van der Waals surface area contributed by atoms with Crippen LogP contribution in [0.25, 0.3) is 0 Å². The Hall–Kier alpha value is -0.120. The van der Waals surface area contributed by atoms with Crippen molar-refractivity contribution < 1.29 is 9.84 Å². The first-order valence-electron chi connectivity index (χ1n) is 5.37. The lowest BCUT2D eigenvalue weighted by Crippen LogP contribution is -2.34. The maximum absolute atomic E-state index is 9.51. The van der Waals surface area contributed by atoms with Gasteiger partial charge in [-0.05, 0) is 32.1 Å². The summed E-state index contributed by atoms with van der Waals surface area (Å²) in [5.41, 5.74) is 0. The van der Waals surface area contributed by atoms with Crippen molar-refractivity contribution in [3.63, 3.8) is 0 Å². The molecule has 2 rings (SSSR count). The van der Waals surface area contributed by atoms with Gasteiger partial charge in [-0.25, -0.2) is 0 Å². The molecular weight excluding hydrogens is 166 g/mol. The second kappa shape index (κ2) is 4.40. The Morgan fingerprint density at radius 3 is 2.62 bits per heavy atom. The van der Waals surface area contributed by atoms with Crippen molar-refractivity contribution in [2.45, 2.75) is 50.4 Å². The van der Waals surface area contributed by atoms with Crippen molar-refractivity contribution >= 4 is 0 Å². The van der Waals surface area contributed by atoms with Crippen molar-refractivity contribution in [1.82, 2.24) is 5.32 Å². The maximum Gasteiger partial charge on any atom is 0.0897 e. The monoisotopic (exact) mass is 185 g/mol. The SMILES string of the molecule is OC(CNC1CC1)COC1CCC1. The molecule has 0 amide bonds. The van der Waals surface area contributed by atoms with Gasteiger partial charge in [-0.15, -0.1) is 0 Å². The summed E-state index contributed by atoms with van der Waals surface area (Å²) in [6.07, 6.45) is 6.33. The lowest BCUT2D eigenvalue weighted by Gasteiger charge is -2.26. The van der Waals surface area contributed by atoms with Crippen LogP contribution in [0.3, 0.4) is 0 Å². The van der Waals surface area contributed by atoms with Gasteiger partial charge in [-0.2, -0.15) is 0 Å². The Labute approximate surface area is 79.5 Å². The number of rotatable bonds is 6. The van der Waals surface area contributed by atoms with Crippen LogP contribution in [0.4, 0.5) is 0 Å². The topological polar surface area (TPSA) is 41.5 Å². The van der Waals surface area contributed by atoms with Gasteiger partial charge in [0.1, 0.15) is 0 Å². The third-order valence-electron chi connectivity index (χ3n) is 2.80. The minimum Gasteiger partial charge on any atom is -0.389 e. The smallest absolute Gasteiger partial charge is 0.0897 e. The van der Waals surface area contributed by atoms with E-state index < -0.39 is 0 Å². The number of hydrogen-bond donors (Lipinski definition) is 2. The molecule has 0 bridgehead atoms. The van der Waals surface area contributed by atoms with E-state index in [1.54, 1.807) is 0 Å². The van der Waals surface area contributed by atoms with Crippen LogP contribution >= 0.6 is 0 Å². The lowest BCUT2D eigenvalue weighted by molar-refractivity contribution is -0.0410. The fraction of sp³-hybridized carbons (Fsp3) is 1.00. The van der Waals surface area contributed by atoms with E-state index in [4.69, 9.17) is 4.74 Å². The van der Waals surface area contributed by atoms with E-state index >= 15 is 0 Å². The van der Waals surface area contributed by atoms with Crippen molar-refractivity contribution in [2.75, 3.05) is 13.2 Å². The van der Waals surface area contributed by atoms with Gasteiger partial charge in [0.15, 0.2) is 0 Å². The van der Waals surface area contributed by atoms with Crippen molar-refractivity contribution in [3.8, 4) is 0 Å². The van der Waals surface area contributed by atoms with Crippen LogP contribution in [0.2, 0.25) is 0 Å². The highest BCUT2D eigenvalue weighted by molar-refractivity contribution is 4.81. The van der Waals surface area contributed by atoms with E-state index in [1.165, 1.54) is 32.1 Å². The second-order valence-corrected chi connectivity index (χ2v) is 4.22. The van der Waals surface area contributed by atoms with Gasteiger partial charge < -0.3 is 15.2 Å². The van der Waals surface area contributed by atoms with Gasteiger partial charge >= 0.3 is 0 Å². The number of hydrogen-bond acceptors (Lipinski definition) is 3. The van der Waals surface area contributed by atoms with E-state index in [-0.39, 0.29) is 6.10 Å². The van der Waals surface area contributed by atoms with Crippen LogP contribution in [-0.2, 0) is 4.74 Å². The molecule has 2 N–H and O–H groups in total. The molecule has 1 unspecified atom stereocenters. The van der Waals surface area contributed by atoms with E-state index in [9.17, 15) is 5.11 Å². The summed E-state index contributed by atoms with van der Waals surface area (Å²) < 4.78 is 5.50. The third kappa shape index (κ3) is 3.25. The zero-order valence-electron chi connectivity index (χ0n) is 8.04. The van der Waals surface area contributed by atoms with Crippen LogP contribution in [0.5, 0.6) is 0 Å².